The third kappa shape index (κ3) is 2.31. The Morgan fingerprint density at radius 2 is 1.92 bits per heavy atom. The quantitative estimate of drug-likeness (QED) is 0.576. The van der Waals surface area contributed by atoms with Crippen LogP contribution < -0.4 is 5.56 Å². The second kappa shape index (κ2) is 5.45. The van der Waals surface area contributed by atoms with E-state index in [1.54, 1.807) is 13.1 Å². The number of nitrogens with one attached hydrogen (secondary N) is 1. The lowest BCUT2D eigenvalue weighted by atomic mass is 10.2. The maximum Gasteiger partial charge on any atom is 0.298 e. The predicted octanol–water partition coefficient (Wildman–Crippen LogP) is 3.38. The normalized spacial score (nSPS) is 11.8. The lowest BCUT2D eigenvalue weighted by molar-refractivity contribution is 0.770. The fourth-order valence-electron chi connectivity index (χ4n) is 2.82. The Balaban J connectivity index is 1.93. The molecule has 1 N–H and O–H groups in total. The van der Waals surface area contributed by atoms with Gasteiger partial charge in [0.25, 0.3) is 5.56 Å². The smallest absolute Gasteiger partial charge is 0.298 e. The molecule has 0 aliphatic heterocycles. The van der Waals surface area contributed by atoms with E-state index < -0.39 is 0 Å². The number of aromatic nitrogens is 3. The van der Waals surface area contributed by atoms with E-state index in [1.165, 1.54) is 4.68 Å². The molecule has 0 aliphatic rings. The molecule has 5 heteroatoms. The Bertz CT molecular complexity index is 1140. The highest BCUT2D eigenvalue weighted by atomic mass is 16.1. The molecule has 0 amide bonds. The molecule has 0 saturated heterocycles. The van der Waals surface area contributed by atoms with Crippen LogP contribution in [0.4, 0.5) is 0 Å². The van der Waals surface area contributed by atoms with Crippen molar-refractivity contribution in [2.24, 2.45) is 5.10 Å². The first-order valence-corrected chi connectivity index (χ1v) is 7.74. The first-order valence-electron chi connectivity index (χ1n) is 7.74. The molecule has 0 atom stereocenters. The molecule has 4 aromatic rings. The summed E-state index contributed by atoms with van der Waals surface area (Å²) in [5.74, 6) is 0.557. The minimum absolute atomic E-state index is 0.196. The van der Waals surface area contributed by atoms with Crippen LogP contribution >= 0.6 is 0 Å². The summed E-state index contributed by atoms with van der Waals surface area (Å²) in [6.07, 6.45) is 1.66. The van der Waals surface area contributed by atoms with Gasteiger partial charge in [0.05, 0.1) is 6.21 Å². The molecule has 24 heavy (non-hydrogen) atoms. The number of nitrogens with zero attached hydrogens (tertiary/aromatic N) is 3. The van der Waals surface area contributed by atoms with Crippen LogP contribution in [-0.2, 0) is 0 Å². The monoisotopic (exact) mass is 316 g/mol. The summed E-state index contributed by atoms with van der Waals surface area (Å²) in [6, 6.07) is 15.7. The van der Waals surface area contributed by atoms with Crippen LogP contribution in [0.25, 0.3) is 21.9 Å². The molecule has 0 aliphatic carbocycles. The Morgan fingerprint density at radius 3 is 2.71 bits per heavy atom. The summed E-state index contributed by atoms with van der Waals surface area (Å²) in [7, 11) is 0. The van der Waals surface area contributed by atoms with Gasteiger partial charge < -0.3 is 4.98 Å². The maximum absolute atomic E-state index is 12.8. The Hall–Kier alpha value is -3.21. The lowest BCUT2D eigenvalue weighted by Crippen LogP contribution is -2.20. The van der Waals surface area contributed by atoms with E-state index in [9.17, 15) is 4.79 Å². The number of benzene rings is 2. The Labute approximate surface area is 138 Å². The standard InChI is InChI=1S/C19H16N4O/c1-12-8-9-16-15(10-12)17-18(22-16)19(24)23(13(2)21-17)20-11-14-6-4-3-5-7-14/h3-11,22H,1-2H3/b20-11+. The Morgan fingerprint density at radius 1 is 1.12 bits per heavy atom. The zero-order valence-corrected chi connectivity index (χ0v) is 13.4. The van der Waals surface area contributed by atoms with Crippen molar-refractivity contribution < 1.29 is 0 Å². The fourth-order valence-corrected chi connectivity index (χ4v) is 2.82. The summed E-state index contributed by atoms with van der Waals surface area (Å²) >= 11 is 0. The van der Waals surface area contributed by atoms with Crippen molar-refractivity contribution in [3.63, 3.8) is 0 Å². The molecule has 2 heterocycles. The summed E-state index contributed by atoms with van der Waals surface area (Å²) in [4.78, 5) is 20.6. The molecule has 0 radical (unpaired) electrons. The van der Waals surface area contributed by atoms with E-state index in [1.807, 2.05) is 55.5 Å². The van der Waals surface area contributed by atoms with E-state index in [0.29, 0.717) is 16.9 Å². The van der Waals surface area contributed by atoms with Crippen molar-refractivity contribution in [2.75, 3.05) is 0 Å². The van der Waals surface area contributed by atoms with Crippen LogP contribution in [0.5, 0.6) is 0 Å². The number of H-pyrrole nitrogens is 1. The number of aryl methyl sites for hydroxylation is 2. The lowest BCUT2D eigenvalue weighted by Gasteiger charge is -2.03. The molecule has 0 spiro atoms. The first-order chi connectivity index (χ1) is 11.6. The van der Waals surface area contributed by atoms with Gasteiger partial charge in [-0.15, -0.1) is 0 Å². The summed E-state index contributed by atoms with van der Waals surface area (Å²) < 4.78 is 1.33. The van der Waals surface area contributed by atoms with E-state index in [-0.39, 0.29) is 5.56 Å². The molecule has 118 valence electrons. The average Bonchev–Trinajstić information content (AvgIpc) is 2.94. The number of rotatable bonds is 2. The van der Waals surface area contributed by atoms with E-state index >= 15 is 0 Å². The maximum atomic E-state index is 12.8. The minimum Gasteiger partial charge on any atom is -0.349 e. The highest BCUT2D eigenvalue weighted by Gasteiger charge is 2.13. The summed E-state index contributed by atoms with van der Waals surface area (Å²) in [5, 5.41) is 5.27. The molecule has 2 aromatic heterocycles. The van der Waals surface area contributed by atoms with Crippen LogP contribution in [0.2, 0.25) is 0 Å². The van der Waals surface area contributed by atoms with Crippen molar-refractivity contribution in [1.29, 1.82) is 0 Å². The summed E-state index contributed by atoms with van der Waals surface area (Å²) in [5.41, 5.74) is 3.95. The first kappa shape index (κ1) is 14.4. The average molecular weight is 316 g/mol. The van der Waals surface area contributed by atoms with Crippen LogP contribution in [0.3, 0.4) is 0 Å². The van der Waals surface area contributed by atoms with Crippen LogP contribution in [-0.4, -0.2) is 20.9 Å². The largest absolute Gasteiger partial charge is 0.349 e. The second-order valence-electron chi connectivity index (χ2n) is 5.83. The molecule has 4 rings (SSSR count). The minimum atomic E-state index is -0.196. The summed E-state index contributed by atoms with van der Waals surface area (Å²) in [6.45, 7) is 3.81. The van der Waals surface area contributed by atoms with E-state index in [0.717, 1.165) is 22.0 Å². The van der Waals surface area contributed by atoms with Gasteiger partial charge in [-0.25, -0.2) is 4.98 Å². The van der Waals surface area contributed by atoms with Crippen molar-refractivity contribution in [3.05, 3.63) is 75.8 Å². The Kier molecular flexibility index (Phi) is 3.27. The van der Waals surface area contributed by atoms with Crippen LogP contribution in [0, 0.1) is 13.8 Å². The van der Waals surface area contributed by atoms with Crippen molar-refractivity contribution >= 4 is 28.2 Å². The highest BCUT2D eigenvalue weighted by Crippen LogP contribution is 2.22. The highest BCUT2D eigenvalue weighted by molar-refractivity contribution is 6.04. The van der Waals surface area contributed by atoms with Gasteiger partial charge in [-0.2, -0.15) is 9.78 Å². The molecule has 0 fully saturated rings. The van der Waals surface area contributed by atoms with Crippen molar-refractivity contribution in [1.82, 2.24) is 14.6 Å². The van der Waals surface area contributed by atoms with Gasteiger partial charge >= 0.3 is 0 Å². The van der Waals surface area contributed by atoms with Gasteiger partial charge in [-0.05, 0) is 31.5 Å². The molecule has 0 unspecified atom stereocenters. The fraction of sp³-hybridized carbons (Fsp3) is 0.105. The van der Waals surface area contributed by atoms with Gasteiger partial charge in [0.1, 0.15) is 16.9 Å². The second-order valence-corrected chi connectivity index (χ2v) is 5.83. The number of hydrogen-bond donors (Lipinski definition) is 1. The third-order valence-electron chi connectivity index (χ3n) is 4.03. The predicted molar refractivity (Wildman–Crippen MR) is 96.8 cm³/mol. The van der Waals surface area contributed by atoms with Crippen LogP contribution in [0.15, 0.2) is 58.4 Å². The SMILES string of the molecule is Cc1ccc2[nH]c3c(=O)n(/N=C/c4ccccc4)c(C)nc3c2c1. The van der Waals surface area contributed by atoms with Gasteiger partial charge in [0, 0.05) is 10.9 Å². The molecular formula is C19H16N4O. The zero-order chi connectivity index (χ0) is 16.7. The van der Waals surface area contributed by atoms with Crippen molar-refractivity contribution in [3.8, 4) is 0 Å². The van der Waals surface area contributed by atoms with Crippen LogP contribution in [0.1, 0.15) is 17.0 Å². The number of aromatic amines is 1. The topological polar surface area (TPSA) is 63.0 Å². The zero-order valence-electron chi connectivity index (χ0n) is 13.4. The molecule has 0 bridgehead atoms. The molecule has 0 saturated carbocycles. The molecule has 2 aromatic carbocycles. The molecule has 5 nitrogen and oxygen atoms in total. The number of fused-ring (bicyclic) bond motifs is 3. The van der Waals surface area contributed by atoms with Crippen molar-refractivity contribution in [2.45, 2.75) is 13.8 Å². The van der Waals surface area contributed by atoms with E-state index in [4.69, 9.17) is 0 Å². The number of hydrogen-bond acceptors (Lipinski definition) is 3. The van der Waals surface area contributed by atoms with Gasteiger partial charge in [-0.3, -0.25) is 4.79 Å². The van der Waals surface area contributed by atoms with Gasteiger partial charge in [0.15, 0.2) is 0 Å². The van der Waals surface area contributed by atoms with E-state index in [2.05, 4.69) is 15.1 Å². The third-order valence-corrected chi connectivity index (χ3v) is 4.03. The molecular weight excluding hydrogens is 300 g/mol. The van der Waals surface area contributed by atoms with Gasteiger partial charge in [0.2, 0.25) is 0 Å². The van der Waals surface area contributed by atoms with Gasteiger partial charge in [-0.1, -0.05) is 42.0 Å².